The van der Waals surface area contributed by atoms with Crippen molar-refractivity contribution in [2.45, 2.75) is 6.43 Å². The first-order chi connectivity index (χ1) is 10.6. The highest BCUT2D eigenvalue weighted by atomic mass is 19.3. The van der Waals surface area contributed by atoms with E-state index in [-0.39, 0.29) is 5.88 Å². The molecular formula is C15H18F2N4O. The van der Waals surface area contributed by atoms with Crippen LogP contribution in [-0.4, -0.2) is 61.1 Å². The van der Waals surface area contributed by atoms with E-state index < -0.39 is 13.0 Å². The number of aromatic nitrogens is 2. The Balaban J connectivity index is 1.88. The molecule has 1 fully saturated rings. The maximum Gasteiger partial charge on any atom is 0.272 e. The molecule has 0 bridgehead atoms. The number of piperazine rings is 1. The largest absolute Gasteiger partial charge is 0.471 e. The van der Waals surface area contributed by atoms with Gasteiger partial charge in [0.1, 0.15) is 6.33 Å². The van der Waals surface area contributed by atoms with Crippen LogP contribution in [0, 0.1) is 0 Å². The Hall–Kier alpha value is -2.02. The molecule has 0 N–H and O–H groups in total. The number of ether oxygens (including phenoxy) is 1. The van der Waals surface area contributed by atoms with Gasteiger partial charge in [-0.15, -0.1) is 0 Å². The minimum Gasteiger partial charge on any atom is -0.471 e. The highest BCUT2D eigenvalue weighted by Gasteiger charge is 2.16. The van der Waals surface area contributed by atoms with Crippen LogP contribution < -0.4 is 9.64 Å². The minimum atomic E-state index is -2.52. The highest BCUT2D eigenvalue weighted by Crippen LogP contribution is 2.27. The zero-order chi connectivity index (χ0) is 15.5. The van der Waals surface area contributed by atoms with E-state index in [0.717, 1.165) is 31.9 Å². The summed E-state index contributed by atoms with van der Waals surface area (Å²) < 4.78 is 29.8. The fourth-order valence-corrected chi connectivity index (χ4v) is 2.54. The molecule has 3 rings (SSSR count). The third kappa shape index (κ3) is 3.24. The lowest BCUT2D eigenvalue weighted by atomic mass is 10.2. The highest BCUT2D eigenvalue weighted by molar-refractivity contribution is 5.86. The van der Waals surface area contributed by atoms with Crippen LogP contribution in [0.1, 0.15) is 0 Å². The molecule has 1 saturated heterocycles. The summed E-state index contributed by atoms with van der Waals surface area (Å²) in [5, 5.41) is 0.666. The molecular weight excluding hydrogens is 290 g/mol. The van der Waals surface area contributed by atoms with Gasteiger partial charge in [-0.3, -0.25) is 0 Å². The van der Waals surface area contributed by atoms with Gasteiger partial charge in [0.15, 0.2) is 6.61 Å². The summed E-state index contributed by atoms with van der Waals surface area (Å²) in [6.45, 7) is 3.20. The van der Waals surface area contributed by atoms with Crippen LogP contribution in [0.2, 0.25) is 0 Å². The number of fused-ring (bicyclic) bond motifs is 1. The summed E-state index contributed by atoms with van der Waals surface area (Å²) in [5.74, 6) is 0.210. The zero-order valence-corrected chi connectivity index (χ0v) is 12.4. The number of likely N-dealkylation sites (N-methyl/N-ethyl adjacent to an activating group) is 1. The van der Waals surface area contributed by atoms with Crippen molar-refractivity contribution in [3.8, 4) is 5.88 Å². The molecule has 0 amide bonds. The van der Waals surface area contributed by atoms with Crippen molar-refractivity contribution in [2.24, 2.45) is 0 Å². The molecule has 1 aromatic carbocycles. The predicted molar refractivity (Wildman–Crippen MR) is 80.7 cm³/mol. The van der Waals surface area contributed by atoms with E-state index in [1.807, 2.05) is 18.2 Å². The summed E-state index contributed by atoms with van der Waals surface area (Å²) in [4.78, 5) is 12.7. The molecule has 118 valence electrons. The molecule has 2 heterocycles. The van der Waals surface area contributed by atoms with Crippen LogP contribution >= 0.6 is 0 Å². The molecule has 0 atom stereocenters. The maximum atomic E-state index is 12.3. The number of halogens is 2. The smallest absolute Gasteiger partial charge is 0.272 e. The molecule has 1 aliphatic heterocycles. The lowest BCUT2D eigenvalue weighted by Crippen LogP contribution is -2.44. The second kappa shape index (κ2) is 6.39. The molecule has 0 spiro atoms. The molecule has 1 aromatic heterocycles. The molecule has 7 heteroatoms. The Morgan fingerprint density at radius 3 is 2.68 bits per heavy atom. The Kier molecular flexibility index (Phi) is 4.33. The van der Waals surface area contributed by atoms with Gasteiger partial charge in [-0.2, -0.15) is 0 Å². The molecule has 0 saturated carbocycles. The Morgan fingerprint density at radius 2 is 1.95 bits per heavy atom. The van der Waals surface area contributed by atoms with E-state index in [1.165, 1.54) is 6.33 Å². The third-order valence-corrected chi connectivity index (χ3v) is 3.80. The topological polar surface area (TPSA) is 41.5 Å². The molecule has 0 unspecified atom stereocenters. The zero-order valence-electron chi connectivity index (χ0n) is 12.4. The first kappa shape index (κ1) is 14.9. The van der Waals surface area contributed by atoms with Crippen molar-refractivity contribution in [1.82, 2.24) is 14.9 Å². The van der Waals surface area contributed by atoms with Gasteiger partial charge in [0.05, 0.1) is 10.9 Å². The second-order valence-electron chi connectivity index (χ2n) is 5.37. The van der Waals surface area contributed by atoms with E-state index in [4.69, 9.17) is 4.74 Å². The number of alkyl halides is 2. The maximum absolute atomic E-state index is 12.3. The summed E-state index contributed by atoms with van der Waals surface area (Å²) in [5.41, 5.74) is 1.73. The normalized spacial score (nSPS) is 16.5. The summed E-state index contributed by atoms with van der Waals surface area (Å²) >= 11 is 0. The van der Waals surface area contributed by atoms with Gasteiger partial charge in [-0.05, 0) is 25.2 Å². The van der Waals surface area contributed by atoms with Crippen LogP contribution in [0.15, 0.2) is 24.5 Å². The van der Waals surface area contributed by atoms with Gasteiger partial charge in [-0.25, -0.2) is 18.7 Å². The Morgan fingerprint density at radius 1 is 1.18 bits per heavy atom. The third-order valence-electron chi connectivity index (χ3n) is 3.80. The second-order valence-corrected chi connectivity index (χ2v) is 5.37. The van der Waals surface area contributed by atoms with Crippen molar-refractivity contribution in [2.75, 3.05) is 44.7 Å². The monoisotopic (exact) mass is 308 g/mol. The Bertz CT molecular complexity index is 644. The van der Waals surface area contributed by atoms with Crippen molar-refractivity contribution < 1.29 is 13.5 Å². The average Bonchev–Trinajstić information content (AvgIpc) is 2.53. The van der Waals surface area contributed by atoms with Crippen LogP contribution in [0.25, 0.3) is 10.9 Å². The molecule has 5 nitrogen and oxygen atoms in total. The van der Waals surface area contributed by atoms with Crippen LogP contribution in [0.5, 0.6) is 5.88 Å². The van der Waals surface area contributed by atoms with Gasteiger partial charge < -0.3 is 14.5 Å². The molecule has 22 heavy (non-hydrogen) atoms. The number of hydrogen-bond acceptors (Lipinski definition) is 5. The lowest BCUT2D eigenvalue weighted by Gasteiger charge is -2.34. The SMILES string of the molecule is CN1CCN(c2ccc3ncnc(OCC(F)F)c3c2)CC1. The van der Waals surface area contributed by atoms with Crippen LogP contribution in [0.4, 0.5) is 14.5 Å². The first-order valence-electron chi connectivity index (χ1n) is 7.22. The van der Waals surface area contributed by atoms with Crippen molar-refractivity contribution >= 4 is 16.6 Å². The lowest BCUT2D eigenvalue weighted by molar-refractivity contribution is 0.0804. The summed E-state index contributed by atoms with van der Waals surface area (Å²) in [7, 11) is 2.10. The quantitative estimate of drug-likeness (QED) is 0.864. The number of anilines is 1. The van der Waals surface area contributed by atoms with Crippen molar-refractivity contribution in [3.63, 3.8) is 0 Å². The van der Waals surface area contributed by atoms with E-state index in [1.54, 1.807) is 0 Å². The van der Waals surface area contributed by atoms with Gasteiger partial charge in [0.25, 0.3) is 6.43 Å². The predicted octanol–water partition coefficient (Wildman–Crippen LogP) is 2.03. The number of benzene rings is 1. The molecule has 1 aliphatic rings. The fraction of sp³-hybridized carbons (Fsp3) is 0.467. The molecule has 0 aliphatic carbocycles. The summed E-state index contributed by atoms with van der Waals surface area (Å²) in [6, 6.07) is 5.79. The van der Waals surface area contributed by atoms with Crippen LogP contribution in [0.3, 0.4) is 0 Å². The van der Waals surface area contributed by atoms with E-state index >= 15 is 0 Å². The van der Waals surface area contributed by atoms with Gasteiger partial charge in [-0.1, -0.05) is 0 Å². The average molecular weight is 308 g/mol. The standard InChI is InChI=1S/C15H18F2N4O/c1-20-4-6-21(7-5-20)11-2-3-13-12(8-11)15(19-10-18-13)22-9-14(16)17/h2-3,8,10,14H,4-7,9H2,1H3. The number of hydrogen-bond donors (Lipinski definition) is 0. The van der Waals surface area contributed by atoms with E-state index in [0.29, 0.717) is 10.9 Å². The van der Waals surface area contributed by atoms with Gasteiger partial charge >= 0.3 is 0 Å². The Labute approximate surface area is 127 Å². The van der Waals surface area contributed by atoms with E-state index in [2.05, 4.69) is 26.8 Å². The molecule has 0 radical (unpaired) electrons. The fourth-order valence-electron chi connectivity index (χ4n) is 2.54. The summed E-state index contributed by atoms with van der Waals surface area (Å²) in [6.07, 6.45) is -1.19. The van der Waals surface area contributed by atoms with E-state index in [9.17, 15) is 8.78 Å². The van der Waals surface area contributed by atoms with Crippen molar-refractivity contribution in [1.29, 1.82) is 0 Å². The number of nitrogens with zero attached hydrogens (tertiary/aromatic N) is 4. The van der Waals surface area contributed by atoms with Crippen LogP contribution in [-0.2, 0) is 0 Å². The molecule has 2 aromatic rings. The first-order valence-corrected chi connectivity index (χ1v) is 7.22. The van der Waals surface area contributed by atoms with Gasteiger partial charge in [0, 0.05) is 31.9 Å². The minimum absolute atomic E-state index is 0.210. The van der Waals surface area contributed by atoms with Crippen molar-refractivity contribution in [3.05, 3.63) is 24.5 Å². The number of rotatable bonds is 4. The van der Waals surface area contributed by atoms with Gasteiger partial charge in [0.2, 0.25) is 5.88 Å².